The molecule has 3 heteroatoms. The van der Waals surface area contributed by atoms with E-state index in [-0.39, 0.29) is 11.4 Å². The molecule has 4 aromatic rings. The van der Waals surface area contributed by atoms with Gasteiger partial charge in [-0.25, -0.2) is 4.39 Å². The highest BCUT2D eigenvalue weighted by molar-refractivity contribution is 7.71. The average molecular weight is 391 g/mol. The summed E-state index contributed by atoms with van der Waals surface area (Å²) in [5.41, 5.74) is 4.40. The van der Waals surface area contributed by atoms with Crippen LogP contribution in [-0.2, 0) is 6.42 Å². The lowest BCUT2D eigenvalue weighted by molar-refractivity contribution is 0.536. The molecule has 0 aliphatic carbocycles. The number of aryl methyl sites for hydroxylation is 2. The Hall–Kier alpha value is -2.52. The summed E-state index contributed by atoms with van der Waals surface area (Å²) in [7, 11) is 0. The summed E-state index contributed by atoms with van der Waals surface area (Å²) in [5, 5.41) is 2.55. The van der Waals surface area contributed by atoms with E-state index < -0.39 is 0 Å². The number of hydrogen-bond acceptors (Lipinski definition) is 2. The van der Waals surface area contributed by atoms with E-state index in [1.807, 2.05) is 24.3 Å². The predicted molar refractivity (Wildman–Crippen MR) is 118 cm³/mol. The monoisotopic (exact) mass is 390 g/mol. The van der Waals surface area contributed by atoms with Gasteiger partial charge in [-0.05, 0) is 60.1 Å². The summed E-state index contributed by atoms with van der Waals surface area (Å²) in [6.07, 6.45) is 3.92. The maximum absolute atomic E-state index is 15.0. The largest absolute Gasteiger partial charge is 0.441 e. The molecule has 28 heavy (non-hydrogen) atoms. The Labute approximate surface area is 169 Å². The van der Waals surface area contributed by atoms with E-state index in [0.717, 1.165) is 53.0 Å². The van der Waals surface area contributed by atoms with E-state index >= 15 is 4.39 Å². The van der Waals surface area contributed by atoms with Gasteiger partial charge in [0.2, 0.25) is 0 Å². The molecule has 142 valence electrons. The number of unbranched alkanes of at least 4 members (excludes halogenated alkanes) is 2. The molecule has 0 radical (unpaired) electrons. The minimum atomic E-state index is -0.274. The average Bonchev–Trinajstić information content (AvgIpc) is 2.71. The molecule has 0 amide bonds. The van der Waals surface area contributed by atoms with Crippen molar-refractivity contribution in [1.29, 1.82) is 0 Å². The van der Waals surface area contributed by atoms with Crippen molar-refractivity contribution in [2.75, 3.05) is 0 Å². The van der Waals surface area contributed by atoms with Crippen molar-refractivity contribution < 1.29 is 8.81 Å². The Bertz CT molecular complexity index is 1210. The fourth-order valence-electron chi connectivity index (χ4n) is 3.69. The highest BCUT2D eigenvalue weighted by Gasteiger charge is 2.14. The van der Waals surface area contributed by atoms with Crippen molar-refractivity contribution in [2.24, 2.45) is 0 Å². The first kappa shape index (κ1) is 18.8. The topological polar surface area (TPSA) is 13.1 Å². The SMILES string of the molecule is CCCCCc1ccc2c(oc(=S)c3cc(-c4ccc(C)cc4)ccc32)c1F. The fourth-order valence-corrected chi connectivity index (χ4v) is 3.94. The number of hydrogen-bond donors (Lipinski definition) is 0. The van der Waals surface area contributed by atoms with Gasteiger partial charge in [0.05, 0.1) is 0 Å². The molecule has 0 saturated heterocycles. The van der Waals surface area contributed by atoms with E-state index in [4.69, 9.17) is 16.6 Å². The normalized spacial score (nSPS) is 11.4. The van der Waals surface area contributed by atoms with Crippen molar-refractivity contribution >= 4 is 34.0 Å². The number of fused-ring (bicyclic) bond motifs is 3. The molecule has 0 unspecified atom stereocenters. The summed E-state index contributed by atoms with van der Waals surface area (Å²) < 4.78 is 21.2. The zero-order valence-corrected chi connectivity index (χ0v) is 17.0. The van der Waals surface area contributed by atoms with Crippen LogP contribution >= 0.6 is 12.2 Å². The molecule has 1 aromatic heterocycles. The van der Waals surface area contributed by atoms with Gasteiger partial charge < -0.3 is 4.42 Å². The fraction of sp³-hybridized carbons (Fsp3) is 0.240. The Kier molecular flexibility index (Phi) is 5.27. The van der Waals surface area contributed by atoms with Gasteiger partial charge in [-0.3, -0.25) is 0 Å². The second-order valence-electron chi connectivity index (χ2n) is 7.39. The highest BCUT2D eigenvalue weighted by Crippen LogP contribution is 2.33. The van der Waals surface area contributed by atoms with Crippen LogP contribution in [0.15, 0.2) is 59.0 Å². The predicted octanol–water partition coefficient (Wildman–Crippen LogP) is 8.16. The summed E-state index contributed by atoms with van der Waals surface area (Å²) in [6.45, 7) is 4.22. The molecular weight excluding hydrogens is 367 g/mol. The first-order valence-corrected chi connectivity index (χ1v) is 10.2. The third-order valence-electron chi connectivity index (χ3n) is 5.34. The van der Waals surface area contributed by atoms with Crippen LogP contribution in [-0.4, -0.2) is 0 Å². The zero-order chi connectivity index (χ0) is 19.7. The van der Waals surface area contributed by atoms with Gasteiger partial charge in [-0.15, -0.1) is 0 Å². The summed E-state index contributed by atoms with van der Waals surface area (Å²) in [4.78, 5) is 0. The summed E-state index contributed by atoms with van der Waals surface area (Å²) >= 11 is 5.49. The Morgan fingerprint density at radius 1 is 0.857 bits per heavy atom. The Balaban J connectivity index is 1.85. The standard InChI is InChI=1S/C25H23FOS/c1-3-4-5-6-18-11-14-21-20-13-12-19(17-9-7-16(2)8-10-17)15-22(20)25(28)27-24(21)23(18)26/h7-15H,3-6H2,1-2H3. The lowest BCUT2D eigenvalue weighted by atomic mass is 9.98. The molecule has 0 aliphatic heterocycles. The summed E-state index contributed by atoms with van der Waals surface area (Å²) in [6, 6.07) is 18.4. The number of benzene rings is 3. The van der Waals surface area contributed by atoms with Gasteiger partial charge in [-0.1, -0.05) is 73.9 Å². The van der Waals surface area contributed by atoms with E-state index in [2.05, 4.69) is 44.2 Å². The molecular formula is C25H23FOS. The second kappa shape index (κ2) is 7.84. The molecule has 3 aromatic carbocycles. The second-order valence-corrected chi connectivity index (χ2v) is 7.76. The van der Waals surface area contributed by atoms with Crippen LogP contribution in [0.4, 0.5) is 4.39 Å². The van der Waals surface area contributed by atoms with Crippen LogP contribution in [0.5, 0.6) is 0 Å². The third-order valence-corrected chi connectivity index (χ3v) is 5.64. The number of rotatable bonds is 5. The van der Waals surface area contributed by atoms with Gasteiger partial charge in [-0.2, -0.15) is 0 Å². The van der Waals surface area contributed by atoms with Gasteiger partial charge in [0, 0.05) is 10.8 Å². The minimum Gasteiger partial charge on any atom is -0.441 e. The maximum atomic E-state index is 15.0. The number of halogens is 1. The van der Waals surface area contributed by atoms with Gasteiger partial charge in [0.25, 0.3) is 0 Å². The van der Waals surface area contributed by atoms with Gasteiger partial charge in [0.15, 0.2) is 16.1 Å². The molecule has 4 rings (SSSR count). The molecule has 1 heterocycles. The van der Waals surface area contributed by atoms with Crippen LogP contribution in [0.1, 0.15) is 37.3 Å². The molecule has 0 aliphatic rings. The van der Waals surface area contributed by atoms with Gasteiger partial charge >= 0.3 is 0 Å². The molecule has 0 N–H and O–H groups in total. The third kappa shape index (κ3) is 3.47. The Morgan fingerprint density at radius 2 is 1.57 bits per heavy atom. The van der Waals surface area contributed by atoms with Crippen molar-refractivity contribution in [2.45, 2.75) is 39.5 Å². The first-order valence-electron chi connectivity index (χ1n) is 9.83. The molecule has 0 atom stereocenters. The maximum Gasteiger partial charge on any atom is 0.198 e. The van der Waals surface area contributed by atoms with E-state index in [1.54, 1.807) is 0 Å². The smallest absolute Gasteiger partial charge is 0.198 e. The van der Waals surface area contributed by atoms with Crippen molar-refractivity contribution in [3.8, 4) is 11.1 Å². The van der Waals surface area contributed by atoms with E-state index in [9.17, 15) is 0 Å². The zero-order valence-electron chi connectivity index (χ0n) is 16.2. The molecule has 0 fully saturated rings. The quantitative estimate of drug-likeness (QED) is 0.194. The lowest BCUT2D eigenvalue weighted by Crippen LogP contribution is -1.93. The van der Waals surface area contributed by atoms with Gasteiger partial charge in [0.1, 0.15) is 0 Å². The lowest BCUT2D eigenvalue weighted by Gasteiger charge is -2.10. The van der Waals surface area contributed by atoms with Crippen LogP contribution in [0.3, 0.4) is 0 Å². The van der Waals surface area contributed by atoms with Crippen LogP contribution in [0.25, 0.3) is 32.9 Å². The summed E-state index contributed by atoms with van der Waals surface area (Å²) in [5.74, 6) is -0.274. The van der Waals surface area contributed by atoms with E-state index in [0.29, 0.717) is 10.3 Å². The first-order chi connectivity index (χ1) is 13.6. The van der Waals surface area contributed by atoms with Crippen molar-refractivity contribution in [1.82, 2.24) is 0 Å². The van der Waals surface area contributed by atoms with Crippen LogP contribution in [0.2, 0.25) is 0 Å². The highest BCUT2D eigenvalue weighted by atomic mass is 32.1. The molecule has 0 spiro atoms. The van der Waals surface area contributed by atoms with E-state index in [1.165, 1.54) is 5.56 Å². The molecule has 1 nitrogen and oxygen atoms in total. The molecule has 0 bridgehead atoms. The van der Waals surface area contributed by atoms with Crippen LogP contribution in [0, 0.1) is 17.4 Å². The molecule has 0 saturated carbocycles. The minimum absolute atomic E-state index is 0.273. The van der Waals surface area contributed by atoms with Crippen molar-refractivity contribution in [3.63, 3.8) is 0 Å². The Morgan fingerprint density at radius 3 is 2.32 bits per heavy atom. The van der Waals surface area contributed by atoms with Crippen molar-refractivity contribution in [3.05, 3.63) is 76.2 Å². The van der Waals surface area contributed by atoms with Crippen LogP contribution < -0.4 is 0 Å².